The highest BCUT2D eigenvalue weighted by Crippen LogP contribution is 2.89. The van der Waals surface area contributed by atoms with Gasteiger partial charge in [0.25, 0.3) is 0 Å². The average molecular weight is 533 g/mol. The van der Waals surface area contributed by atoms with Crippen molar-refractivity contribution >= 4 is 5.97 Å². The molecule has 0 aromatic rings. The molecule has 216 valence electrons. The summed E-state index contributed by atoms with van der Waals surface area (Å²) in [6.45, 7) is 16.4. The van der Waals surface area contributed by atoms with Gasteiger partial charge < -0.3 is 24.8 Å². The summed E-state index contributed by atoms with van der Waals surface area (Å²) < 4.78 is 12.4. The number of aliphatic hydroxyl groups is 3. The molecule has 6 nitrogen and oxygen atoms in total. The molecule has 0 aromatic carbocycles. The van der Waals surface area contributed by atoms with Crippen molar-refractivity contribution in [3.8, 4) is 0 Å². The Morgan fingerprint density at radius 2 is 1.63 bits per heavy atom. The quantitative estimate of drug-likeness (QED) is 0.449. The van der Waals surface area contributed by atoms with E-state index in [4.69, 9.17) is 9.47 Å². The van der Waals surface area contributed by atoms with Crippen LogP contribution in [0.5, 0.6) is 0 Å². The zero-order chi connectivity index (χ0) is 27.8. The first kappa shape index (κ1) is 27.5. The molecule has 6 heteroatoms. The van der Waals surface area contributed by atoms with Crippen LogP contribution in [0.3, 0.4) is 0 Å². The summed E-state index contributed by atoms with van der Waals surface area (Å²) in [6.07, 6.45) is 6.19. The van der Waals surface area contributed by atoms with Crippen LogP contribution in [-0.2, 0) is 14.3 Å². The molecular formula is C32H52O6. The van der Waals surface area contributed by atoms with Crippen LogP contribution in [0.4, 0.5) is 0 Å². The molecule has 5 saturated carbocycles. The number of carbonyl (C=O) groups excluding carboxylic acids is 1. The van der Waals surface area contributed by atoms with Gasteiger partial charge in [-0.15, -0.1) is 0 Å². The maximum Gasteiger partial charge on any atom is 0.303 e. The van der Waals surface area contributed by atoms with Gasteiger partial charge in [-0.05, 0) is 111 Å². The van der Waals surface area contributed by atoms with Crippen LogP contribution in [0.1, 0.15) is 107 Å². The van der Waals surface area contributed by atoms with Crippen molar-refractivity contribution < 1.29 is 29.6 Å². The summed E-state index contributed by atoms with van der Waals surface area (Å²) in [6, 6.07) is 0. The first-order chi connectivity index (χ1) is 17.5. The number of carbonyl (C=O) groups is 1. The Balaban J connectivity index is 1.35. The first-order valence-electron chi connectivity index (χ1n) is 15.4. The molecule has 0 aromatic heterocycles. The molecule has 0 amide bonds. The van der Waals surface area contributed by atoms with Gasteiger partial charge in [-0.25, -0.2) is 0 Å². The molecule has 5 aliphatic carbocycles. The Morgan fingerprint density at radius 1 is 1.00 bits per heavy atom. The molecule has 1 heterocycles. The van der Waals surface area contributed by atoms with E-state index in [-0.39, 0.29) is 45.7 Å². The summed E-state index contributed by atoms with van der Waals surface area (Å²) in [7, 11) is 0. The smallest absolute Gasteiger partial charge is 0.303 e. The van der Waals surface area contributed by atoms with E-state index in [9.17, 15) is 20.1 Å². The van der Waals surface area contributed by atoms with Crippen LogP contribution in [-0.4, -0.2) is 57.4 Å². The highest BCUT2D eigenvalue weighted by molar-refractivity contribution is 5.66. The van der Waals surface area contributed by atoms with Crippen molar-refractivity contribution in [3.05, 3.63) is 0 Å². The Hall–Kier alpha value is -0.690. The third kappa shape index (κ3) is 3.13. The van der Waals surface area contributed by atoms with Crippen LogP contribution in [0.15, 0.2) is 0 Å². The van der Waals surface area contributed by atoms with Gasteiger partial charge in [-0.1, -0.05) is 34.6 Å². The SMILES string of the molecule is CC(=O)OC(C1C[C@@H](C)[C@H]2C(O1)[C@H](O)[C@@]1(C)C3CC[C@H]4C(C)(C)C(O)CCC45CC35CCC21C)C(C)(C)O. The second kappa shape index (κ2) is 7.98. The zero-order valence-electron chi connectivity index (χ0n) is 24.9. The summed E-state index contributed by atoms with van der Waals surface area (Å²) in [5.41, 5.74) is -1.01. The molecule has 38 heavy (non-hydrogen) atoms. The standard InChI is InChI=1S/C32H52O6/c1-17-15-19(26(28(5,6)36)37-18(2)33)38-24-23(17)29(7)13-14-32-16-31(32)12-11-22(34)27(3,4)20(31)9-10-21(32)30(29,8)25(24)35/h17,19-26,34-36H,9-16H2,1-8H3/t17-,19?,20+,21?,22?,23+,24?,25+,26?,29?,30-,31?,32?/m1/s1. The number of aliphatic hydroxyl groups excluding tert-OH is 2. The molecule has 0 radical (unpaired) electrons. The van der Waals surface area contributed by atoms with E-state index >= 15 is 0 Å². The summed E-state index contributed by atoms with van der Waals surface area (Å²) in [4.78, 5) is 11.9. The maximum absolute atomic E-state index is 12.3. The topological polar surface area (TPSA) is 96.2 Å². The summed E-state index contributed by atoms with van der Waals surface area (Å²) >= 11 is 0. The van der Waals surface area contributed by atoms with E-state index in [1.165, 1.54) is 19.8 Å². The Labute approximate surface area is 229 Å². The molecule has 1 aliphatic heterocycles. The van der Waals surface area contributed by atoms with Crippen LogP contribution in [0.2, 0.25) is 0 Å². The van der Waals surface area contributed by atoms with E-state index < -0.39 is 29.9 Å². The van der Waals surface area contributed by atoms with Gasteiger partial charge >= 0.3 is 5.97 Å². The van der Waals surface area contributed by atoms with E-state index in [1.807, 2.05) is 0 Å². The highest BCUT2D eigenvalue weighted by Gasteiger charge is 2.84. The van der Waals surface area contributed by atoms with Gasteiger partial charge in [0.15, 0.2) is 6.10 Å². The fourth-order valence-electron chi connectivity index (χ4n) is 12.4. The average Bonchev–Trinajstić information content (AvgIpc) is 3.44. The molecule has 6 aliphatic rings. The fraction of sp³-hybridized carbons (Fsp3) is 0.969. The maximum atomic E-state index is 12.3. The molecule has 2 spiro atoms. The van der Waals surface area contributed by atoms with Crippen LogP contribution in [0.25, 0.3) is 0 Å². The third-order valence-electron chi connectivity index (χ3n) is 14.1. The molecule has 0 bridgehead atoms. The van der Waals surface area contributed by atoms with Crippen LogP contribution < -0.4 is 0 Å². The lowest BCUT2D eigenvalue weighted by molar-refractivity contribution is -0.216. The fourth-order valence-corrected chi connectivity index (χ4v) is 12.4. The number of rotatable bonds is 3. The lowest BCUT2D eigenvalue weighted by atomic mass is 9.41. The largest absolute Gasteiger partial charge is 0.457 e. The molecule has 1 saturated heterocycles. The normalized spacial score (nSPS) is 55.4. The molecule has 13 atom stereocenters. The Bertz CT molecular complexity index is 1000. The minimum atomic E-state index is -1.24. The number of hydrogen-bond acceptors (Lipinski definition) is 6. The van der Waals surface area contributed by atoms with E-state index in [1.54, 1.807) is 13.8 Å². The Morgan fingerprint density at radius 3 is 2.26 bits per heavy atom. The van der Waals surface area contributed by atoms with Crippen LogP contribution in [0, 0.1) is 50.7 Å². The monoisotopic (exact) mass is 532 g/mol. The minimum absolute atomic E-state index is 0.0383. The number of ether oxygens (including phenoxy) is 2. The predicted octanol–water partition coefficient (Wildman–Crippen LogP) is 4.86. The Kier molecular flexibility index (Phi) is 5.77. The minimum Gasteiger partial charge on any atom is -0.457 e. The number of fused-ring (bicyclic) bond motifs is 4. The van der Waals surface area contributed by atoms with Crippen molar-refractivity contribution in [3.63, 3.8) is 0 Å². The van der Waals surface area contributed by atoms with Gasteiger partial charge in [-0.3, -0.25) is 4.79 Å². The van der Waals surface area contributed by atoms with Gasteiger partial charge in [-0.2, -0.15) is 0 Å². The first-order valence-corrected chi connectivity index (χ1v) is 15.4. The molecule has 6 rings (SSSR count). The third-order valence-corrected chi connectivity index (χ3v) is 14.1. The number of hydrogen-bond donors (Lipinski definition) is 3. The van der Waals surface area contributed by atoms with Gasteiger partial charge in [0.1, 0.15) is 0 Å². The second-order valence-electron chi connectivity index (χ2n) is 16.3. The lowest BCUT2D eigenvalue weighted by Crippen LogP contribution is -2.59. The van der Waals surface area contributed by atoms with Gasteiger partial charge in [0.05, 0.1) is 30.0 Å². The molecule has 3 N–H and O–H groups in total. The molecule has 6 fully saturated rings. The van der Waals surface area contributed by atoms with E-state index in [0.717, 1.165) is 32.1 Å². The van der Waals surface area contributed by atoms with Crippen molar-refractivity contribution in [1.82, 2.24) is 0 Å². The second-order valence-corrected chi connectivity index (χ2v) is 16.3. The zero-order valence-corrected chi connectivity index (χ0v) is 24.9. The predicted molar refractivity (Wildman–Crippen MR) is 144 cm³/mol. The van der Waals surface area contributed by atoms with E-state index in [2.05, 4.69) is 34.6 Å². The van der Waals surface area contributed by atoms with Crippen molar-refractivity contribution in [1.29, 1.82) is 0 Å². The highest BCUT2D eigenvalue weighted by atomic mass is 16.6. The van der Waals surface area contributed by atoms with Crippen molar-refractivity contribution in [2.24, 2.45) is 50.7 Å². The molecule has 8 unspecified atom stereocenters. The van der Waals surface area contributed by atoms with E-state index in [0.29, 0.717) is 23.7 Å². The van der Waals surface area contributed by atoms with Gasteiger partial charge in [0, 0.05) is 12.3 Å². The summed E-state index contributed by atoms with van der Waals surface area (Å²) in [5, 5.41) is 34.2. The van der Waals surface area contributed by atoms with Crippen molar-refractivity contribution in [2.45, 2.75) is 143 Å². The lowest BCUT2D eigenvalue weighted by Gasteiger charge is -2.63. The van der Waals surface area contributed by atoms with Crippen molar-refractivity contribution in [2.75, 3.05) is 0 Å². The number of esters is 1. The van der Waals surface area contributed by atoms with Gasteiger partial charge in [0.2, 0.25) is 0 Å². The van der Waals surface area contributed by atoms with Crippen LogP contribution >= 0.6 is 0 Å². The summed E-state index contributed by atoms with van der Waals surface area (Å²) in [5.74, 6) is 1.09. The molecular weight excluding hydrogens is 480 g/mol.